The molecule has 0 aliphatic heterocycles. The molecule has 0 aromatic rings. The molecular formula is C72H132O8Pb. The van der Waals surface area contributed by atoms with Gasteiger partial charge >= 0.3 is 27.3 Å². The van der Waals surface area contributed by atoms with E-state index in [-0.39, 0.29) is 53.0 Å². The normalized spacial score (nSPS) is 11.1. The van der Waals surface area contributed by atoms with Crippen LogP contribution in [0.25, 0.3) is 0 Å². The number of rotatable bonds is 60. The fraction of sp³-hybridized carbons (Fsp3) is 0.833. The van der Waals surface area contributed by atoms with E-state index in [1.54, 1.807) is 0 Å². The summed E-state index contributed by atoms with van der Waals surface area (Å²) in [6.45, 7) is 9.02. The van der Waals surface area contributed by atoms with Crippen molar-refractivity contribution in [3.8, 4) is 0 Å². The van der Waals surface area contributed by atoms with Crippen molar-refractivity contribution in [3.05, 3.63) is 48.6 Å². The van der Waals surface area contributed by atoms with E-state index in [1.165, 1.54) is 257 Å². The number of carbonyl (C=O) groups is 4. The van der Waals surface area contributed by atoms with Crippen LogP contribution < -0.4 is 20.4 Å². The number of hydrogen-bond donors (Lipinski definition) is 0. The maximum Gasteiger partial charge on any atom is 4.00 e. The first-order valence-electron chi connectivity index (χ1n) is 34.5. The van der Waals surface area contributed by atoms with Gasteiger partial charge < -0.3 is 39.6 Å². The second-order valence-electron chi connectivity index (χ2n) is 22.8. The number of hydrogen-bond acceptors (Lipinski definition) is 8. The van der Waals surface area contributed by atoms with Gasteiger partial charge in [0.2, 0.25) is 0 Å². The summed E-state index contributed by atoms with van der Waals surface area (Å²) in [6.07, 6.45) is 83.6. The summed E-state index contributed by atoms with van der Waals surface area (Å²) in [7, 11) is 0. The van der Waals surface area contributed by atoms with E-state index < -0.39 is 23.9 Å². The predicted octanol–water partition coefficient (Wildman–Crippen LogP) is 18.7. The molecule has 8 nitrogen and oxygen atoms in total. The first-order valence-corrected chi connectivity index (χ1v) is 34.5. The molecule has 0 atom stereocenters. The minimum atomic E-state index is -0.914. The molecule has 0 radical (unpaired) electrons. The van der Waals surface area contributed by atoms with Gasteiger partial charge in [-0.15, -0.1) is 0 Å². The molecule has 81 heavy (non-hydrogen) atoms. The van der Waals surface area contributed by atoms with E-state index in [0.717, 1.165) is 77.0 Å². The molecule has 0 saturated carbocycles. The maximum absolute atomic E-state index is 10.2. The first-order chi connectivity index (χ1) is 39.1. The second kappa shape index (κ2) is 84.2. The topological polar surface area (TPSA) is 161 Å². The van der Waals surface area contributed by atoms with Gasteiger partial charge in [-0.3, -0.25) is 0 Å². The van der Waals surface area contributed by atoms with Crippen LogP contribution in [0.2, 0.25) is 0 Å². The van der Waals surface area contributed by atoms with Crippen molar-refractivity contribution in [2.75, 3.05) is 0 Å². The molecule has 0 heterocycles. The van der Waals surface area contributed by atoms with Crippen LogP contribution in [0.1, 0.15) is 387 Å². The Morgan fingerprint density at radius 2 is 0.309 bits per heavy atom. The SMILES string of the molecule is CCCCCCCC/C=C/CCCCCCCC(=O)[O-].CCCCCCCC/C=C/CCCCCCCC(=O)[O-].CCCCCCCC/C=C/CCCCCCCC(=O)[O-].CCCCCCCC/C=C/CCCCCCCC(=O)[O-].[Pb+4]. The van der Waals surface area contributed by atoms with Crippen LogP contribution >= 0.6 is 0 Å². The number of aliphatic carboxylic acids is 4. The van der Waals surface area contributed by atoms with Gasteiger partial charge in [0.15, 0.2) is 0 Å². The van der Waals surface area contributed by atoms with Crippen LogP contribution in [0.4, 0.5) is 0 Å². The van der Waals surface area contributed by atoms with E-state index in [1.807, 2.05) is 0 Å². The van der Waals surface area contributed by atoms with Crippen LogP contribution in [0, 0.1) is 0 Å². The standard InChI is InChI=1S/4C18H34O2.Pb/c4*1-2-3-4-5-6-7-8-9-10-11-12-13-14-15-16-17-18(19)20;/h4*9-10H,2-8,11-17H2,1H3,(H,19,20);/q;;;;+4/p-4/b4*10-9+;. The molecule has 9 heteroatoms. The molecule has 0 unspecified atom stereocenters. The minimum absolute atomic E-state index is 0. The Hall–Kier alpha value is -2.24. The zero-order chi connectivity index (χ0) is 59.6. The maximum atomic E-state index is 10.2. The number of carboxylic acid groups (broad SMARTS) is 4. The number of unbranched alkanes of at least 4 members (excludes halogenated alkanes) is 44. The average Bonchev–Trinajstić information content (AvgIpc) is 3.43. The summed E-state index contributed by atoms with van der Waals surface area (Å²) in [4.78, 5) is 40.9. The molecule has 0 aromatic heterocycles. The third kappa shape index (κ3) is 103. The van der Waals surface area contributed by atoms with Gasteiger partial charge in [0.05, 0.1) is 0 Å². The average molecular weight is 1330 g/mol. The van der Waals surface area contributed by atoms with Gasteiger partial charge in [-0.05, 0) is 154 Å². The molecule has 0 bridgehead atoms. The summed E-state index contributed by atoms with van der Waals surface area (Å²) >= 11 is 0. The molecule has 0 saturated heterocycles. The Kier molecular flexibility index (Phi) is 91.0. The molecule has 0 fully saturated rings. The van der Waals surface area contributed by atoms with E-state index in [9.17, 15) is 39.6 Å². The van der Waals surface area contributed by atoms with Crippen LogP contribution in [0.5, 0.6) is 0 Å². The van der Waals surface area contributed by atoms with Crippen molar-refractivity contribution in [2.45, 2.75) is 387 Å². The molecule has 0 rings (SSSR count). The molecule has 472 valence electrons. The fourth-order valence-corrected chi connectivity index (χ4v) is 9.36. The molecule has 0 amide bonds. The largest absolute Gasteiger partial charge is 4.00 e. The summed E-state index contributed by atoms with van der Waals surface area (Å²) in [5.41, 5.74) is 0. The molecule has 0 aliphatic carbocycles. The summed E-state index contributed by atoms with van der Waals surface area (Å²) in [6, 6.07) is 0. The quantitative estimate of drug-likeness (QED) is 0.0330. The Bertz CT molecular complexity index is 1140. The number of carboxylic acids is 4. The Balaban J connectivity index is -0.000000316. The third-order valence-corrected chi connectivity index (χ3v) is 14.6. The Labute approximate surface area is 523 Å². The Morgan fingerprint density at radius 1 is 0.198 bits per heavy atom. The van der Waals surface area contributed by atoms with Gasteiger partial charge in [-0.1, -0.05) is 282 Å². The zero-order valence-corrected chi connectivity index (χ0v) is 57.9. The molecule has 0 N–H and O–H groups in total. The summed E-state index contributed by atoms with van der Waals surface area (Å²) < 4.78 is 0. The summed E-state index contributed by atoms with van der Waals surface area (Å²) in [5.74, 6) is -3.66. The van der Waals surface area contributed by atoms with Gasteiger partial charge in [-0.2, -0.15) is 0 Å². The van der Waals surface area contributed by atoms with Crippen LogP contribution in [0.3, 0.4) is 0 Å². The fourth-order valence-electron chi connectivity index (χ4n) is 9.36. The number of allylic oxidation sites excluding steroid dienone is 8. The van der Waals surface area contributed by atoms with Crippen molar-refractivity contribution in [1.82, 2.24) is 0 Å². The van der Waals surface area contributed by atoms with E-state index in [0.29, 0.717) is 0 Å². The van der Waals surface area contributed by atoms with E-state index in [2.05, 4.69) is 76.3 Å². The zero-order valence-electron chi connectivity index (χ0n) is 54.0. The smallest absolute Gasteiger partial charge is 0.550 e. The van der Waals surface area contributed by atoms with Crippen LogP contribution in [0.15, 0.2) is 48.6 Å². The first kappa shape index (κ1) is 87.5. The Morgan fingerprint density at radius 3 is 0.432 bits per heavy atom. The van der Waals surface area contributed by atoms with Crippen LogP contribution in [-0.2, 0) is 19.2 Å². The van der Waals surface area contributed by atoms with Gasteiger partial charge in [0, 0.05) is 23.9 Å². The van der Waals surface area contributed by atoms with E-state index in [4.69, 9.17) is 0 Å². The predicted molar refractivity (Wildman–Crippen MR) is 344 cm³/mol. The minimum Gasteiger partial charge on any atom is -0.550 e. The molecular weight excluding hydrogens is 1200 g/mol. The van der Waals surface area contributed by atoms with Gasteiger partial charge in [-0.25, -0.2) is 0 Å². The van der Waals surface area contributed by atoms with E-state index >= 15 is 0 Å². The number of carbonyl (C=O) groups excluding carboxylic acids is 4. The van der Waals surface area contributed by atoms with Crippen molar-refractivity contribution in [1.29, 1.82) is 0 Å². The van der Waals surface area contributed by atoms with Crippen molar-refractivity contribution in [3.63, 3.8) is 0 Å². The molecule has 0 spiro atoms. The monoisotopic (exact) mass is 1330 g/mol. The molecule has 0 aromatic carbocycles. The molecule has 0 aliphatic rings. The van der Waals surface area contributed by atoms with Crippen molar-refractivity contribution >= 4 is 51.2 Å². The second-order valence-corrected chi connectivity index (χ2v) is 22.8. The summed E-state index contributed by atoms with van der Waals surface area (Å²) in [5, 5.41) is 40.9. The van der Waals surface area contributed by atoms with Crippen LogP contribution in [-0.4, -0.2) is 51.2 Å². The van der Waals surface area contributed by atoms with Crippen molar-refractivity contribution in [2.24, 2.45) is 0 Å². The van der Waals surface area contributed by atoms with Crippen molar-refractivity contribution < 1.29 is 39.6 Å². The van der Waals surface area contributed by atoms with Gasteiger partial charge in [0.1, 0.15) is 0 Å². The van der Waals surface area contributed by atoms with Gasteiger partial charge in [0.25, 0.3) is 0 Å². The third-order valence-electron chi connectivity index (χ3n) is 14.6.